The predicted octanol–water partition coefficient (Wildman–Crippen LogP) is 3.19. The molecule has 0 saturated carbocycles. The summed E-state index contributed by atoms with van der Waals surface area (Å²) < 4.78 is 5.43. The van der Waals surface area contributed by atoms with E-state index in [4.69, 9.17) is 4.74 Å². The van der Waals surface area contributed by atoms with Crippen LogP contribution >= 0.6 is 0 Å². The van der Waals surface area contributed by atoms with Gasteiger partial charge in [-0.2, -0.15) is 0 Å². The van der Waals surface area contributed by atoms with Crippen molar-refractivity contribution >= 4 is 0 Å². The molecule has 1 aliphatic heterocycles. The van der Waals surface area contributed by atoms with Gasteiger partial charge in [-0.05, 0) is 43.7 Å². The van der Waals surface area contributed by atoms with Crippen LogP contribution in [0.2, 0.25) is 0 Å². The van der Waals surface area contributed by atoms with Gasteiger partial charge in [-0.15, -0.1) is 0 Å². The fraction of sp³-hybridized carbons (Fsp3) is 0.625. The summed E-state index contributed by atoms with van der Waals surface area (Å²) in [6, 6.07) is 11.3. The molecule has 1 heterocycles. The molecule has 2 nitrogen and oxygen atoms in total. The fourth-order valence-electron chi connectivity index (χ4n) is 2.59. The van der Waals surface area contributed by atoms with Crippen LogP contribution in [0.3, 0.4) is 0 Å². The van der Waals surface area contributed by atoms with E-state index in [2.05, 4.69) is 49.5 Å². The average molecular weight is 247 g/mol. The highest BCUT2D eigenvalue weighted by Crippen LogP contribution is 2.19. The summed E-state index contributed by atoms with van der Waals surface area (Å²) in [6.07, 6.45) is 2.41. The number of benzene rings is 1. The van der Waals surface area contributed by atoms with Crippen molar-refractivity contribution in [2.75, 3.05) is 19.8 Å². The quantitative estimate of drug-likeness (QED) is 0.833. The van der Waals surface area contributed by atoms with Crippen LogP contribution in [0.1, 0.15) is 38.2 Å². The lowest BCUT2D eigenvalue weighted by Gasteiger charge is -2.20. The van der Waals surface area contributed by atoms with E-state index in [1.807, 2.05) is 0 Å². The highest BCUT2D eigenvalue weighted by atomic mass is 16.5. The molecule has 0 spiro atoms. The molecule has 0 radical (unpaired) electrons. The Morgan fingerprint density at radius 2 is 2.06 bits per heavy atom. The van der Waals surface area contributed by atoms with E-state index >= 15 is 0 Å². The van der Waals surface area contributed by atoms with Crippen LogP contribution in [0.15, 0.2) is 30.3 Å². The van der Waals surface area contributed by atoms with Crippen molar-refractivity contribution < 1.29 is 4.74 Å². The first-order chi connectivity index (χ1) is 8.77. The van der Waals surface area contributed by atoms with Crippen LogP contribution in [-0.2, 0) is 4.74 Å². The molecule has 3 unspecified atom stereocenters. The molecule has 100 valence electrons. The highest BCUT2D eigenvalue weighted by Gasteiger charge is 2.21. The zero-order valence-electron chi connectivity index (χ0n) is 11.6. The third kappa shape index (κ3) is 3.82. The Labute approximate surface area is 111 Å². The zero-order valence-corrected chi connectivity index (χ0v) is 11.6. The predicted molar refractivity (Wildman–Crippen MR) is 75.9 cm³/mol. The molecule has 2 rings (SSSR count). The number of hydrogen-bond donors (Lipinski definition) is 1. The number of nitrogens with one attached hydrogen (secondary N) is 1. The molecular formula is C16H25NO. The van der Waals surface area contributed by atoms with E-state index in [9.17, 15) is 0 Å². The van der Waals surface area contributed by atoms with E-state index in [-0.39, 0.29) is 0 Å². The van der Waals surface area contributed by atoms with Crippen molar-refractivity contribution in [3.05, 3.63) is 35.9 Å². The summed E-state index contributed by atoms with van der Waals surface area (Å²) >= 11 is 0. The summed E-state index contributed by atoms with van der Waals surface area (Å²) in [5.74, 6) is 1.34. The lowest BCUT2D eigenvalue weighted by molar-refractivity contribution is 0.178. The maximum atomic E-state index is 5.43. The van der Waals surface area contributed by atoms with Crippen LogP contribution in [0.25, 0.3) is 0 Å². The average Bonchev–Trinajstić information content (AvgIpc) is 2.93. The van der Waals surface area contributed by atoms with Crippen molar-refractivity contribution in [3.63, 3.8) is 0 Å². The third-order valence-electron chi connectivity index (χ3n) is 4.08. The van der Waals surface area contributed by atoms with E-state index < -0.39 is 0 Å². The molecule has 1 saturated heterocycles. The number of hydrogen-bond acceptors (Lipinski definition) is 2. The van der Waals surface area contributed by atoms with E-state index in [0.29, 0.717) is 17.9 Å². The second kappa shape index (κ2) is 6.91. The summed E-state index contributed by atoms with van der Waals surface area (Å²) in [6.45, 7) is 7.56. The molecule has 18 heavy (non-hydrogen) atoms. The van der Waals surface area contributed by atoms with Crippen LogP contribution < -0.4 is 5.32 Å². The molecule has 0 aromatic heterocycles. The van der Waals surface area contributed by atoms with E-state index in [1.165, 1.54) is 18.4 Å². The van der Waals surface area contributed by atoms with Gasteiger partial charge in [-0.25, -0.2) is 0 Å². The normalized spacial score (nSPS) is 22.9. The standard InChI is InChI=1S/C16H25NO/c1-13(15-6-4-3-5-7-15)8-10-17-14(2)16-9-11-18-12-16/h3-7,13-14,16-17H,8-12H2,1-2H3. The molecule has 1 aromatic rings. The molecular weight excluding hydrogens is 222 g/mol. The maximum Gasteiger partial charge on any atom is 0.0509 e. The molecule has 0 amide bonds. The van der Waals surface area contributed by atoms with Crippen LogP contribution in [-0.4, -0.2) is 25.8 Å². The number of ether oxygens (including phenoxy) is 1. The van der Waals surface area contributed by atoms with Crippen molar-refractivity contribution in [1.82, 2.24) is 5.32 Å². The minimum atomic E-state index is 0.579. The van der Waals surface area contributed by atoms with Gasteiger partial charge in [-0.1, -0.05) is 37.3 Å². The van der Waals surface area contributed by atoms with Crippen molar-refractivity contribution in [3.8, 4) is 0 Å². The minimum absolute atomic E-state index is 0.579. The van der Waals surface area contributed by atoms with Gasteiger partial charge in [-0.3, -0.25) is 0 Å². The molecule has 1 aromatic carbocycles. The van der Waals surface area contributed by atoms with Gasteiger partial charge in [0.1, 0.15) is 0 Å². The first-order valence-electron chi connectivity index (χ1n) is 7.13. The molecule has 0 bridgehead atoms. The Hall–Kier alpha value is -0.860. The van der Waals surface area contributed by atoms with Gasteiger partial charge in [0.2, 0.25) is 0 Å². The molecule has 2 heteroatoms. The second-order valence-corrected chi connectivity index (χ2v) is 5.47. The molecule has 1 N–H and O–H groups in total. The Kier molecular flexibility index (Phi) is 5.21. The van der Waals surface area contributed by atoms with Crippen LogP contribution in [0.4, 0.5) is 0 Å². The first-order valence-corrected chi connectivity index (χ1v) is 7.13. The first kappa shape index (κ1) is 13.6. The lowest BCUT2D eigenvalue weighted by atomic mass is 9.97. The van der Waals surface area contributed by atoms with Gasteiger partial charge in [0.25, 0.3) is 0 Å². The van der Waals surface area contributed by atoms with Gasteiger partial charge in [0.15, 0.2) is 0 Å². The lowest BCUT2D eigenvalue weighted by Crippen LogP contribution is -2.34. The van der Waals surface area contributed by atoms with Gasteiger partial charge in [0, 0.05) is 12.6 Å². The van der Waals surface area contributed by atoms with Crippen LogP contribution in [0, 0.1) is 5.92 Å². The Bertz CT molecular complexity index is 332. The zero-order chi connectivity index (χ0) is 12.8. The summed E-state index contributed by atoms with van der Waals surface area (Å²) in [5, 5.41) is 3.65. The molecule has 0 aliphatic carbocycles. The van der Waals surface area contributed by atoms with Crippen molar-refractivity contribution in [2.24, 2.45) is 5.92 Å². The molecule has 1 fully saturated rings. The maximum absolute atomic E-state index is 5.43. The van der Waals surface area contributed by atoms with Crippen LogP contribution in [0.5, 0.6) is 0 Å². The van der Waals surface area contributed by atoms with E-state index in [0.717, 1.165) is 19.8 Å². The van der Waals surface area contributed by atoms with E-state index in [1.54, 1.807) is 0 Å². The largest absolute Gasteiger partial charge is 0.381 e. The Morgan fingerprint density at radius 1 is 1.28 bits per heavy atom. The van der Waals surface area contributed by atoms with Crippen molar-refractivity contribution in [1.29, 1.82) is 0 Å². The summed E-state index contributed by atoms with van der Waals surface area (Å²) in [5.41, 5.74) is 1.44. The SMILES string of the molecule is CC(CCNC(C)C1CCOC1)c1ccccc1. The number of rotatable bonds is 6. The topological polar surface area (TPSA) is 21.3 Å². The van der Waals surface area contributed by atoms with Gasteiger partial charge < -0.3 is 10.1 Å². The monoisotopic (exact) mass is 247 g/mol. The smallest absolute Gasteiger partial charge is 0.0509 e. The second-order valence-electron chi connectivity index (χ2n) is 5.47. The van der Waals surface area contributed by atoms with Gasteiger partial charge in [0.05, 0.1) is 6.61 Å². The third-order valence-corrected chi connectivity index (χ3v) is 4.08. The fourth-order valence-corrected chi connectivity index (χ4v) is 2.59. The minimum Gasteiger partial charge on any atom is -0.381 e. The Balaban J connectivity index is 1.68. The van der Waals surface area contributed by atoms with Crippen molar-refractivity contribution in [2.45, 2.75) is 38.6 Å². The Morgan fingerprint density at radius 3 is 2.72 bits per heavy atom. The molecule has 1 aliphatic rings. The highest BCUT2D eigenvalue weighted by molar-refractivity contribution is 5.18. The molecule has 3 atom stereocenters. The van der Waals surface area contributed by atoms with Gasteiger partial charge >= 0.3 is 0 Å². The summed E-state index contributed by atoms with van der Waals surface area (Å²) in [7, 11) is 0. The summed E-state index contributed by atoms with van der Waals surface area (Å²) in [4.78, 5) is 0.